The molecule has 0 aliphatic heterocycles. The molecule has 0 aliphatic carbocycles. The van der Waals surface area contributed by atoms with Crippen LogP contribution in [0.2, 0.25) is 0 Å². The van der Waals surface area contributed by atoms with Crippen LogP contribution in [0.25, 0.3) is 6.08 Å². The minimum atomic E-state index is 0.882. The minimum absolute atomic E-state index is 0.882. The van der Waals surface area contributed by atoms with Crippen molar-refractivity contribution >= 4 is 46.6 Å². The predicted molar refractivity (Wildman–Crippen MR) is 97.4 cm³/mol. The van der Waals surface area contributed by atoms with Crippen LogP contribution < -0.4 is 7.26 Å². The Morgan fingerprint density at radius 1 is 1.10 bits per heavy atom. The maximum absolute atomic E-state index is 5.16. The minimum Gasteiger partial charge on any atom is -0.497 e. The van der Waals surface area contributed by atoms with E-state index in [1.54, 1.807) is 19.1 Å². The number of rotatable bonds is 6. The van der Waals surface area contributed by atoms with Gasteiger partial charge < -0.3 is 4.74 Å². The Morgan fingerprint density at radius 3 is 2.45 bits per heavy atom. The first kappa shape index (κ1) is 15.3. The van der Waals surface area contributed by atoms with Crippen LogP contribution in [0.5, 0.6) is 5.75 Å². The highest BCUT2D eigenvalue weighted by atomic mass is 127. The van der Waals surface area contributed by atoms with Gasteiger partial charge in [-0.2, -0.15) is 0 Å². The third-order valence-corrected chi connectivity index (χ3v) is 4.84. The highest BCUT2D eigenvalue weighted by molar-refractivity contribution is 14.1. The zero-order valence-electron chi connectivity index (χ0n) is 11.2. The van der Waals surface area contributed by atoms with Crippen LogP contribution in [0.1, 0.15) is 5.56 Å². The van der Waals surface area contributed by atoms with Gasteiger partial charge in [-0.05, 0) is 41.8 Å². The summed E-state index contributed by atoms with van der Waals surface area (Å²) in [6.45, 7) is 0. The van der Waals surface area contributed by atoms with Gasteiger partial charge in [-0.1, -0.05) is 42.5 Å². The van der Waals surface area contributed by atoms with E-state index in [-0.39, 0.29) is 0 Å². The third kappa shape index (κ3) is 4.76. The van der Waals surface area contributed by atoms with Gasteiger partial charge in [0.1, 0.15) is 5.75 Å². The Labute approximate surface area is 138 Å². The van der Waals surface area contributed by atoms with Crippen molar-refractivity contribution in [1.82, 2.24) is 0 Å². The number of methoxy groups -OCH3 is 1. The predicted octanol–water partition coefficient (Wildman–Crippen LogP) is 5.21. The molecule has 0 radical (unpaired) electrons. The number of hydrogen-bond acceptors (Lipinski definition) is 3. The molecule has 2 aromatic rings. The number of anilines is 1. The smallest absolute Gasteiger partial charge is 0.119 e. The van der Waals surface area contributed by atoms with Gasteiger partial charge in [0.2, 0.25) is 0 Å². The summed E-state index contributed by atoms with van der Waals surface area (Å²) < 4.78 is 7.29. The lowest BCUT2D eigenvalue weighted by Crippen LogP contribution is -1.97. The zero-order valence-corrected chi connectivity index (χ0v) is 14.2. The molecule has 0 aromatic heterocycles. The number of halogens is 1. The molecule has 2 rings (SSSR count). The lowest BCUT2D eigenvalue weighted by Gasteiger charge is -2.14. The fraction of sp³-hybridized carbons (Fsp3) is 0.125. The van der Waals surface area contributed by atoms with Crippen molar-refractivity contribution < 1.29 is 4.74 Å². The van der Waals surface area contributed by atoms with Crippen molar-refractivity contribution in [3.05, 3.63) is 66.2 Å². The van der Waals surface area contributed by atoms with E-state index >= 15 is 0 Å². The van der Waals surface area contributed by atoms with Gasteiger partial charge in [-0.25, -0.2) is 0 Å². The van der Waals surface area contributed by atoms with E-state index in [1.807, 2.05) is 18.2 Å². The van der Waals surface area contributed by atoms with Crippen LogP contribution in [0.15, 0.2) is 60.7 Å². The molecule has 2 nitrogen and oxygen atoms in total. The monoisotopic (exact) mass is 397 g/mol. The van der Waals surface area contributed by atoms with E-state index in [0.717, 1.165) is 17.2 Å². The van der Waals surface area contributed by atoms with E-state index in [2.05, 4.69) is 73.9 Å². The molecule has 0 bridgehead atoms. The molecule has 2 aromatic carbocycles. The number of ether oxygens (including phenoxy) is 1. The molecular formula is C16H16INOS. The second kappa shape index (κ2) is 8.21. The fourth-order valence-electron chi connectivity index (χ4n) is 1.63. The standard InChI is InChI=1S/C16H16INOS/c1-19-16-11-9-15(10-12-16)18(17)20-13-5-8-14-6-3-2-4-7-14/h2-12H,13H2,1H3/b8-5+. The zero-order chi connectivity index (χ0) is 14.2. The van der Waals surface area contributed by atoms with E-state index in [9.17, 15) is 0 Å². The molecule has 0 amide bonds. The number of hydrogen-bond donors (Lipinski definition) is 0. The van der Waals surface area contributed by atoms with Crippen molar-refractivity contribution in [3.8, 4) is 5.75 Å². The highest BCUT2D eigenvalue weighted by Gasteiger charge is 2.02. The summed E-state index contributed by atoms with van der Waals surface area (Å²) in [4.78, 5) is 0. The summed E-state index contributed by atoms with van der Waals surface area (Å²) in [6.07, 6.45) is 4.32. The molecular weight excluding hydrogens is 381 g/mol. The van der Waals surface area contributed by atoms with Crippen LogP contribution in [-0.4, -0.2) is 12.9 Å². The molecule has 0 saturated heterocycles. The molecule has 0 atom stereocenters. The summed E-state index contributed by atoms with van der Waals surface area (Å²) in [5.74, 6) is 1.82. The molecule has 0 spiro atoms. The number of benzene rings is 2. The molecule has 0 unspecified atom stereocenters. The normalized spacial score (nSPS) is 10.7. The highest BCUT2D eigenvalue weighted by Crippen LogP contribution is 2.28. The summed E-state index contributed by atoms with van der Waals surface area (Å²) in [5.41, 5.74) is 2.39. The average molecular weight is 397 g/mol. The topological polar surface area (TPSA) is 12.5 Å². The fourth-order valence-corrected chi connectivity index (χ4v) is 3.02. The van der Waals surface area contributed by atoms with Gasteiger partial charge in [0.05, 0.1) is 35.7 Å². The summed E-state index contributed by atoms with van der Waals surface area (Å²) in [5, 5.41) is 0. The van der Waals surface area contributed by atoms with Crippen LogP contribution in [-0.2, 0) is 0 Å². The van der Waals surface area contributed by atoms with Crippen LogP contribution >= 0.6 is 34.8 Å². The molecule has 4 heteroatoms. The van der Waals surface area contributed by atoms with Gasteiger partial charge in [-0.3, -0.25) is 2.52 Å². The molecule has 0 fully saturated rings. The van der Waals surface area contributed by atoms with Gasteiger partial charge in [0, 0.05) is 5.75 Å². The maximum atomic E-state index is 5.16. The Morgan fingerprint density at radius 2 is 1.80 bits per heavy atom. The van der Waals surface area contributed by atoms with Crippen molar-refractivity contribution in [3.63, 3.8) is 0 Å². The Bertz CT molecular complexity index is 542. The van der Waals surface area contributed by atoms with Crippen molar-refractivity contribution in [2.24, 2.45) is 0 Å². The average Bonchev–Trinajstić information content (AvgIpc) is 2.52. The first-order valence-electron chi connectivity index (χ1n) is 6.24. The lowest BCUT2D eigenvalue weighted by atomic mass is 10.2. The Balaban J connectivity index is 1.82. The molecule has 0 aliphatic rings. The SMILES string of the molecule is COc1ccc(N(I)SC/C=C/c2ccccc2)cc1. The van der Waals surface area contributed by atoms with Gasteiger partial charge in [-0.15, -0.1) is 0 Å². The largest absolute Gasteiger partial charge is 0.497 e. The molecule has 20 heavy (non-hydrogen) atoms. The van der Waals surface area contributed by atoms with Crippen LogP contribution in [0, 0.1) is 0 Å². The summed E-state index contributed by atoms with van der Waals surface area (Å²) >= 11 is 4.06. The lowest BCUT2D eigenvalue weighted by molar-refractivity contribution is 0.415. The Kier molecular flexibility index (Phi) is 6.26. The van der Waals surface area contributed by atoms with E-state index < -0.39 is 0 Å². The molecule has 0 heterocycles. The Hall–Kier alpha value is -1.14. The van der Waals surface area contributed by atoms with Gasteiger partial charge >= 0.3 is 0 Å². The number of nitrogens with zero attached hydrogens (tertiary/aromatic N) is 1. The molecule has 0 N–H and O–H groups in total. The van der Waals surface area contributed by atoms with Crippen LogP contribution in [0.3, 0.4) is 0 Å². The third-order valence-electron chi connectivity index (χ3n) is 2.67. The quantitative estimate of drug-likeness (QED) is 0.377. The molecule has 104 valence electrons. The van der Waals surface area contributed by atoms with Gasteiger partial charge in [0.15, 0.2) is 0 Å². The second-order valence-electron chi connectivity index (χ2n) is 4.05. The maximum Gasteiger partial charge on any atom is 0.119 e. The van der Waals surface area contributed by atoms with E-state index in [4.69, 9.17) is 4.74 Å². The summed E-state index contributed by atoms with van der Waals surface area (Å²) in [7, 11) is 1.68. The summed E-state index contributed by atoms with van der Waals surface area (Å²) in [6, 6.07) is 18.4. The molecule has 0 saturated carbocycles. The first-order valence-corrected chi connectivity index (χ1v) is 8.15. The van der Waals surface area contributed by atoms with E-state index in [0.29, 0.717) is 0 Å². The van der Waals surface area contributed by atoms with Crippen LogP contribution in [0.4, 0.5) is 5.69 Å². The van der Waals surface area contributed by atoms with Crippen molar-refractivity contribution in [2.45, 2.75) is 0 Å². The second-order valence-corrected chi connectivity index (χ2v) is 6.63. The van der Waals surface area contributed by atoms with Gasteiger partial charge in [0.25, 0.3) is 0 Å². The van der Waals surface area contributed by atoms with Crippen molar-refractivity contribution in [1.29, 1.82) is 0 Å². The van der Waals surface area contributed by atoms with Crippen molar-refractivity contribution in [2.75, 3.05) is 15.4 Å². The van der Waals surface area contributed by atoms with E-state index in [1.165, 1.54) is 5.56 Å². The first-order chi connectivity index (χ1) is 9.79.